The third-order valence-corrected chi connectivity index (χ3v) is 2.45. The van der Waals surface area contributed by atoms with Crippen LogP contribution in [0.1, 0.15) is 12.8 Å². The predicted molar refractivity (Wildman–Crippen MR) is 54.5 cm³/mol. The largest absolute Gasteiger partial charge is 0.395 e. The number of nitrogens with zero attached hydrogens (tertiary/aromatic N) is 1. The molecule has 1 aliphatic rings. The fourth-order valence-corrected chi connectivity index (χ4v) is 1.63. The van der Waals surface area contributed by atoms with E-state index in [4.69, 9.17) is 14.6 Å². The summed E-state index contributed by atoms with van der Waals surface area (Å²) < 4.78 is 10.2. The molecular formula is C10H19NO4. The Morgan fingerprint density at radius 2 is 2.40 bits per heavy atom. The van der Waals surface area contributed by atoms with Crippen LogP contribution in [0.15, 0.2) is 0 Å². The first-order valence-electron chi connectivity index (χ1n) is 5.29. The maximum absolute atomic E-state index is 11.9. The van der Waals surface area contributed by atoms with Gasteiger partial charge in [-0.1, -0.05) is 0 Å². The van der Waals surface area contributed by atoms with Crippen molar-refractivity contribution in [2.75, 3.05) is 40.0 Å². The molecule has 5 nitrogen and oxygen atoms in total. The molecule has 1 fully saturated rings. The molecule has 0 saturated carbocycles. The summed E-state index contributed by atoms with van der Waals surface area (Å²) in [6, 6.07) is 0. The van der Waals surface area contributed by atoms with Gasteiger partial charge in [-0.05, 0) is 12.8 Å². The number of carbonyl (C=O) groups is 1. The van der Waals surface area contributed by atoms with E-state index < -0.39 is 0 Å². The van der Waals surface area contributed by atoms with Crippen molar-refractivity contribution in [3.63, 3.8) is 0 Å². The molecule has 88 valence electrons. The smallest absolute Gasteiger partial charge is 0.251 e. The van der Waals surface area contributed by atoms with Crippen LogP contribution >= 0.6 is 0 Å². The predicted octanol–water partition coefficient (Wildman–Crippen LogP) is -0.367. The third-order valence-electron chi connectivity index (χ3n) is 2.45. The van der Waals surface area contributed by atoms with Gasteiger partial charge in [-0.3, -0.25) is 4.79 Å². The fraction of sp³-hybridized carbons (Fsp3) is 0.900. The van der Waals surface area contributed by atoms with Crippen LogP contribution in [-0.4, -0.2) is 62.0 Å². The van der Waals surface area contributed by atoms with E-state index in [-0.39, 0.29) is 18.6 Å². The van der Waals surface area contributed by atoms with Gasteiger partial charge in [-0.25, -0.2) is 0 Å². The minimum absolute atomic E-state index is 0.0256. The highest BCUT2D eigenvalue weighted by Crippen LogP contribution is 2.14. The second-order valence-corrected chi connectivity index (χ2v) is 3.54. The van der Waals surface area contributed by atoms with Crippen molar-refractivity contribution < 1.29 is 19.4 Å². The molecule has 0 aromatic carbocycles. The van der Waals surface area contributed by atoms with E-state index >= 15 is 0 Å². The molecule has 1 rings (SSSR count). The van der Waals surface area contributed by atoms with Crippen LogP contribution in [0.4, 0.5) is 0 Å². The van der Waals surface area contributed by atoms with Crippen molar-refractivity contribution >= 4 is 5.91 Å². The number of aliphatic hydroxyl groups is 1. The molecule has 0 bridgehead atoms. The maximum Gasteiger partial charge on any atom is 0.251 e. The Balaban J connectivity index is 2.41. The number of hydrogen-bond donors (Lipinski definition) is 1. The summed E-state index contributed by atoms with van der Waals surface area (Å²) in [4.78, 5) is 13.5. The van der Waals surface area contributed by atoms with Crippen LogP contribution in [0.2, 0.25) is 0 Å². The van der Waals surface area contributed by atoms with E-state index in [9.17, 15) is 4.79 Å². The summed E-state index contributed by atoms with van der Waals surface area (Å²) in [6.45, 7) is 1.98. The van der Waals surface area contributed by atoms with Gasteiger partial charge in [0.1, 0.15) is 6.10 Å². The van der Waals surface area contributed by atoms with Gasteiger partial charge in [-0.15, -0.1) is 0 Å². The van der Waals surface area contributed by atoms with E-state index in [0.717, 1.165) is 12.8 Å². The zero-order valence-corrected chi connectivity index (χ0v) is 9.15. The zero-order chi connectivity index (χ0) is 11.1. The number of amides is 1. The SMILES string of the molecule is COCCN(CCO)C(=O)C1CCCO1. The van der Waals surface area contributed by atoms with E-state index in [1.165, 1.54) is 0 Å². The van der Waals surface area contributed by atoms with E-state index in [0.29, 0.717) is 26.3 Å². The minimum Gasteiger partial charge on any atom is -0.395 e. The highest BCUT2D eigenvalue weighted by molar-refractivity contribution is 5.81. The number of ether oxygens (including phenoxy) is 2. The second-order valence-electron chi connectivity index (χ2n) is 3.54. The van der Waals surface area contributed by atoms with E-state index in [1.807, 2.05) is 0 Å². The van der Waals surface area contributed by atoms with Crippen LogP contribution in [0.25, 0.3) is 0 Å². The first-order chi connectivity index (χ1) is 7.29. The molecule has 0 aliphatic carbocycles. The molecule has 1 atom stereocenters. The maximum atomic E-state index is 11.9. The van der Waals surface area contributed by atoms with E-state index in [2.05, 4.69) is 0 Å². The normalized spacial score (nSPS) is 20.5. The molecule has 0 radical (unpaired) electrons. The quantitative estimate of drug-likeness (QED) is 0.659. The lowest BCUT2D eigenvalue weighted by Crippen LogP contribution is -2.42. The van der Waals surface area contributed by atoms with Gasteiger partial charge < -0.3 is 19.5 Å². The molecule has 1 unspecified atom stereocenters. The van der Waals surface area contributed by atoms with Crippen LogP contribution in [0.3, 0.4) is 0 Å². The van der Waals surface area contributed by atoms with Gasteiger partial charge in [0.05, 0.1) is 13.2 Å². The molecule has 5 heteroatoms. The Kier molecular flexibility index (Phi) is 5.60. The van der Waals surface area contributed by atoms with Gasteiger partial charge in [0.15, 0.2) is 0 Å². The molecule has 0 aromatic heterocycles. The van der Waals surface area contributed by atoms with Crippen LogP contribution < -0.4 is 0 Å². The third kappa shape index (κ3) is 3.77. The van der Waals surface area contributed by atoms with E-state index in [1.54, 1.807) is 12.0 Å². The van der Waals surface area contributed by atoms with Gasteiger partial charge in [0, 0.05) is 26.8 Å². The van der Waals surface area contributed by atoms with Crippen molar-refractivity contribution in [3.8, 4) is 0 Å². The monoisotopic (exact) mass is 217 g/mol. The number of carbonyl (C=O) groups excluding carboxylic acids is 1. The summed E-state index contributed by atoms with van der Waals surface area (Å²) in [6.07, 6.45) is 1.41. The summed E-state index contributed by atoms with van der Waals surface area (Å²) >= 11 is 0. The average molecular weight is 217 g/mol. The molecule has 15 heavy (non-hydrogen) atoms. The van der Waals surface area contributed by atoms with Crippen molar-refractivity contribution in [2.45, 2.75) is 18.9 Å². The Bertz CT molecular complexity index is 192. The van der Waals surface area contributed by atoms with Crippen LogP contribution in [-0.2, 0) is 14.3 Å². The summed E-state index contributed by atoms with van der Waals surface area (Å²) in [5.41, 5.74) is 0. The molecule has 1 N–H and O–H groups in total. The topological polar surface area (TPSA) is 59.0 Å². The average Bonchev–Trinajstić information content (AvgIpc) is 2.76. The van der Waals surface area contributed by atoms with Gasteiger partial charge in [0.25, 0.3) is 5.91 Å². The molecule has 1 amide bonds. The standard InChI is InChI=1S/C10H19NO4/c1-14-8-5-11(4-6-12)10(13)9-3-2-7-15-9/h9,12H,2-8H2,1H3. The Morgan fingerprint density at radius 1 is 1.60 bits per heavy atom. The van der Waals surface area contributed by atoms with Crippen LogP contribution in [0, 0.1) is 0 Å². The Hall–Kier alpha value is -0.650. The summed E-state index contributed by atoms with van der Waals surface area (Å²) in [5, 5.41) is 8.85. The first kappa shape index (κ1) is 12.4. The lowest BCUT2D eigenvalue weighted by molar-refractivity contribution is -0.142. The lowest BCUT2D eigenvalue weighted by atomic mass is 10.2. The Morgan fingerprint density at radius 3 is 2.93 bits per heavy atom. The fourth-order valence-electron chi connectivity index (χ4n) is 1.63. The van der Waals surface area contributed by atoms with Gasteiger partial charge in [-0.2, -0.15) is 0 Å². The van der Waals surface area contributed by atoms with Crippen molar-refractivity contribution in [1.82, 2.24) is 4.90 Å². The molecular weight excluding hydrogens is 198 g/mol. The number of aliphatic hydroxyl groups excluding tert-OH is 1. The molecule has 0 spiro atoms. The highest BCUT2D eigenvalue weighted by Gasteiger charge is 2.27. The molecule has 1 saturated heterocycles. The molecule has 1 aliphatic heterocycles. The number of rotatable bonds is 6. The lowest BCUT2D eigenvalue weighted by Gasteiger charge is -2.24. The number of methoxy groups -OCH3 is 1. The first-order valence-corrected chi connectivity index (χ1v) is 5.29. The molecule has 1 heterocycles. The minimum atomic E-state index is -0.312. The summed E-state index contributed by atoms with van der Waals surface area (Å²) in [5.74, 6) is -0.0291. The van der Waals surface area contributed by atoms with Gasteiger partial charge in [0.2, 0.25) is 0 Å². The van der Waals surface area contributed by atoms with Crippen molar-refractivity contribution in [3.05, 3.63) is 0 Å². The van der Waals surface area contributed by atoms with Crippen molar-refractivity contribution in [2.24, 2.45) is 0 Å². The van der Waals surface area contributed by atoms with Gasteiger partial charge >= 0.3 is 0 Å². The molecule has 0 aromatic rings. The van der Waals surface area contributed by atoms with Crippen molar-refractivity contribution in [1.29, 1.82) is 0 Å². The highest BCUT2D eigenvalue weighted by atomic mass is 16.5. The second kappa shape index (κ2) is 6.76. The van der Waals surface area contributed by atoms with Crippen LogP contribution in [0.5, 0.6) is 0 Å². The zero-order valence-electron chi connectivity index (χ0n) is 9.15. The summed E-state index contributed by atoms with van der Waals surface area (Å²) in [7, 11) is 1.59. The number of hydrogen-bond acceptors (Lipinski definition) is 4. The Labute approximate surface area is 90.0 Å².